The van der Waals surface area contributed by atoms with Gasteiger partial charge in [0, 0.05) is 31.8 Å². The van der Waals surface area contributed by atoms with Gasteiger partial charge in [-0.2, -0.15) is 0 Å². The third-order valence-corrected chi connectivity index (χ3v) is 10.9. The number of hydrogen-bond acceptors (Lipinski definition) is 7. The van der Waals surface area contributed by atoms with Gasteiger partial charge in [-0.1, -0.05) is 49.3 Å². The summed E-state index contributed by atoms with van der Waals surface area (Å²) >= 11 is 0. The van der Waals surface area contributed by atoms with Crippen molar-refractivity contribution in [1.29, 1.82) is 0 Å². The highest BCUT2D eigenvalue weighted by molar-refractivity contribution is 7.91. The van der Waals surface area contributed by atoms with Crippen molar-refractivity contribution in [2.24, 2.45) is 5.92 Å². The molecule has 1 aromatic carbocycles. The molecular weight excluding hydrogens is 560 g/mol. The van der Waals surface area contributed by atoms with Crippen molar-refractivity contribution in [3.05, 3.63) is 47.5 Å². The lowest BCUT2D eigenvalue weighted by molar-refractivity contribution is -0.139. The number of amides is 4. The second-order valence-electron chi connectivity index (χ2n) is 12.3. The quantitative estimate of drug-likeness (QED) is 0.507. The predicted octanol–water partition coefficient (Wildman–Crippen LogP) is 2.50. The number of nitrogens with zero attached hydrogens (tertiary/aromatic N) is 2. The molecule has 2 N–H and O–H groups in total. The van der Waals surface area contributed by atoms with Gasteiger partial charge in [0.25, 0.3) is 5.91 Å². The molecule has 3 heterocycles. The first-order valence-corrected chi connectivity index (χ1v) is 16.6. The highest BCUT2D eigenvalue weighted by Gasteiger charge is 2.62. The van der Waals surface area contributed by atoms with Gasteiger partial charge in [-0.05, 0) is 49.7 Å². The second-order valence-corrected chi connectivity index (χ2v) is 14.2. The molecule has 1 saturated heterocycles. The molecule has 4 amide bonds. The molecule has 4 unspecified atom stereocenters. The fourth-order valence-electron chi connectivity index (χ4n) is 6.35. The number of rotatable bonds is 4. The Morgan fingerprint density at radius 1 is 1.02 bits per heavy atom. The van der Waals surface area contributed by atoms with Gasteiger partial charge in [-0.3, -0.25) is 24.0 Å². The van der Waals surface area contributed by atoms with Crippen LogP contribution in [0.4, 0.5) is 4.79 Å². The fraction of sp³-hybridized carbons (Fsp3) is 0.600. The molecule has 12 heteroatoms. The zero-order chi connectivity index (χ0) is 29.5. The van der Waals surface area contributed by atoms with Gasteiger partial charge in [-0.15, -0.1) is 0 Å². The van der Waals surface area contributed by atoms with Crippen LogP contribution >= 0.6 is 0 Å². The SMILES string of the molecule is O=C1NC2(C(=O)NS(=O)(=O)C3CC3)CC2/C=C/CCCCCCC(=O)N2CC(OC(=O)N3Cc4ccccc4C3)CC12. The molecule has 226 valence electrons. The zero-order valence-electron chi connectivity index (χ0n) is 23.6. The predicted molar refractivity (Wildman–Crippen MR) is 152 cm³/mol. The van der Waals surface area contributed by atoms with Gasteiger partial charge in [0.2, 0.25) is 21.8 Å². The minimum absolute atomic E-state index is 0.0854. The van der Waals surface area contributed by atoms with E-state index < -0.39 is 50.9 Å². The van der Waals surface area contributed by atoms with E-state index in [4.69, 9.17) is 4.74 Å². The Hall–Kier alpha value is -3.41. The van der Waals surface area contributed by atoms with Gasteiger partial charge in [0.15, 0.2) is 0 Å². The van der Waals surface area contributed by atoms with Crippen LogP contribution in [0.15, 0.2) is 36.4 Å². The maximum atomic E-state index is 13.8. The van der Waals surface area contributed by atoms with Crippen LogP contribution in [0.3, 0.4) is 0 Å². The number of nitrogens with one attached hydrogen (secondary N) is 2. The zero-order valence-corrected chi connectivity index (χ0v) is 24.4. The van der Waals surface area contributed by atoms with Crippen LogP contribution in [0.1, 0.15) is 75.3 Å². The first kappa shape index (κ1) is 28.7. The van der Waals surface area contributed by atoms with Crippen molar-refractivity contribution in [2.75, 3.05) is 6.54 Å². The van der Waals surface area contributed by atoms with Crippen molar-refractivity contribution in [2.45, 2.75) is 100 Å². The number of fused-ring (bicyclic) bond motifs is 3. The first-order valence-electron chi connectivity index (χ1n) is 15.0. The van der Waals surface area contributed by atoms with Crippen molar-refractivity contribution >= 4 is 33.8 Å². The van der Waals surface area contributed by atoms with Crippen molar-refractivity contribution in [1.82, 2.24) is 19.8 Å². The van der Waals surface area contributed by atoms with Gasteiger partial charge in [0.05, 0.1) is 11.8 Å². The van der Waals surface area contributed by atoms with E-state index in [0.717, 1.165) is 36.8 Å². The number of carbonyl (C=O) groups is 4. The lowest BCUT2D eigenvalue weighted by Gasteiger charge is -2.26. The number of ether oxygens (including phenoxy) is 1. The molecule has 6 rings (SSSR count). The van der Waals surface area contributed by atoms with E-state index in [2.05, 4.69) is 10.0 Å². The maximum Gasteiger partial charge on any atom is 0.410 e. The topological polar surface area (TPSA) is 142 Å². The number of hydrogen-bond donors (Lipinski definition) is 2. The Morgan fingerprint density at radius 2 is 1.74 bits per heavy atom. The smallest absolute Gasteiger partial charge is 0.410 e. The Bertz CT molecular complexity index is 1380. The summed E-state index contributed by atoms with van der Waals surface area (Å²) in [5, 5.41) is 2.26. The van der Waals surface area contributed by atoms with Crippen LogP contribution in [0.5, 0.6) is 0 Å². The van der Waals surface area contributed by atoms with Gasteiger partial charge in [-0.25, -0.2) is 13.2 Å². The molecule has 5 aliphatic rings. The monoisotopic (exact) mass is 598 g/mol. The first-order chi connectivity index (χ1) is 20.2. The van der Waals surface area contributed by atoms with Crippen LogP contribution in [0, 0.1) is 5.92 Å². The Labute approximate surface area is 246 Å². The summed E-state index contributed by atoms with van der Waals surface area (Å²) < 4.78 is 33.2. The summed E-state index contributed by atoms with van der Waals surface area (Å²) in [5.41, 5.74) is 0.715. The fourth-order valence-corrected chi connectivity index (χ4v) is 7.71. The van der Waals surface area contributed by atoms with E-state index >= 15 is 0 Å². The summed E-state index contributed by atoms with van der Waals surface area (Å²) in [6, 6.07) is 6.86. The number of carbonyl (C=O) groups excluding carboxylic acids is 4. The Kier molecular flexibility index (Phi) is 7.75. The average Bonchev–Trinajstić information content (AvgIpc) is 3.84. The van der Waals surface area contributed by atoms with E-state index in [-0.39, 0.29) is 37.6 Å². The lowest BCUT2D eigenvalue weighted by atomic mass is 10.1. The van der Waals surface area contributed by atoms with Crippen LogP contribution in [0.2, 0.25) is 0 Å². The second kappa shape index (κ2) is 11.3. The molecule has 2 aliphatic carbocycles. The number of benzene rings is 1. The van der Waals surface area contributed by atoms with Crippen LogP contribution in [-0.4, -0.2) is 71.5 Å². The third kappa shape index (κ3) is 5.91. The van der Waals surface area contributed by atoms with Gasteiger partial charge in [0.1, 0.15) is 17.7 Å². The Morgan fingerprint density at radius 3 is 2.45 bits per heavy atom. The average molecular weight is 599 g/mol. The normalized spacial score (nSPS) is 30.6. The summed E-state index contributed by atoms with van der Waals surface area (Å²) in [4.78, 5) is 56.6. The van der Waals surface area contributed by atoms with E-state index in [9.17, 15) is 27.6 Å². The van der Waals surface area contributed by atoms with E-state index in [1.807, 2.05) is 36.4 Å². The van der Waals surface area contributed by atoms with E-state index in [1.165, 1.54) is 4.90 Å². The summed E-state index contributed by atoms with van der Waals surface area (Å²) in [6.07, 6.45) is 8.62. The Balaban J connectivity index is 1.18. The van der Waals surface area contributed by atoms with E-state index in [0.29, 0.717) is 32.4 Å². The summed E-state index contributed by atoms with van der Waals surface area (Å²) in [7, 11) is -3.81. The molecule has 0 bridgehead atoms. The van der Waals surface area contributed by atoms with Crippen LogP contribution in [0.25, 0.3) is 0 Å². The molecule has 3 aliphatic heterocycles. The van der Waals surface area contributed by atoms with Gasteiger partial charge >= 0.3 is 6.09 Å². The van der Waals surface area contributed by atoms with Crippen molar-refractivity contribution in [3.8, 4) is 0 Å². The third-order valence-electron chi connectivity index (χ3n) is 9.10. The minimum atomic E-state index is -3.81. The molecule has 0 radical (unpaired) electrons. The molecule has 42 heavy (non-hydrogen) atoms. The molecule has 11 nitrogen and oxygen atoms in total. The summed E-state index contributed by atoms with van der Waals surface area (Å²) in [6.45, 7) is 0.956. The highest BCUT2D eigenvalue weighted by Crippen LogP contribution is 2.46. The van der Waals surface area contributed by atoms with Crippen LogP contribution < -0.4 is 10.0 Å². The standard InChI is InChI=1S/C30H38N4O7S/c35-26-12-6-4-2-1-3-5-11-22-16-30(22,28(37)32-42(39,40)24-13-14-24)31-27(36)25-15-23(19-34(25)26)41-29(38)33-17-20-9-7-8-10-21(20)18-33/h5,7-11,22-25H,1-4,6,12-19H2,(H,31,36)(H,32,37)/b11-5+. The minimum Gasteiger partial charge on any atom is -0.444 e. The molecule has 0 spiro atoms. The molecular formula is C30H38N4O7S. The van der Waals surface area contributed by atoms with Gasteiger partial charge < -0.3 is 15.0 Å². The molecule has 2 saturated carbocycles. The summed E-state index contributed by atoms with van der Waals surface area (Å²) in [5.74, 6) is -1.83. The van der Waals surface area contributed by atoms with Crippen molar-refractivity contribution < 1.29 is 32.3 Å². The molecule has 1 aromatic rings. The molecule has 3 fully saturated rings. The van der Waals surface area contributed by atoms with Crippen molar-refractivity contribution in [3.63, 3.8) is 0 Å². The number of allylic oxidation sites excluding steroid dienone is 1. The largest absolute Gasteiger partial charge is 0.444 e. The highest BCUT2D eigenvalue weighted by atomic mass is 32.2. The molecule has 4 atom stereocenters. The van der Waals surface area contributed by atoms with E-state index in [1.54, 1.807) is 4.90 Å². The maximum absolute atomic E-state index is 13.8. The van der Waals surface area contributed by atoms with Crippen LogP contribution in [-0.2, 0) is 42.2 Å². The molecule has 0 aromatic heterocycles. The lowest BCUT2D eigenvalue weighted by Crippen LogP contribution is -2.56. The number of sulfonamides is 1.